The number of pyridine rings is 1. The average molecular weight is 585 g/mol. The number of alkyl halides is 6. The topological polar surface area (TPSA) is 42.4 Å². The number of hydrogen-bond donors (Lipinski definition) is 0. The molecule has 4 nitrogen and oxygen atoms in total. The summed E-state index contributed by atoms with van der Waals surface area (Å²) in [7, 11) is 0. The van der Waals surface area contributed by atoms with Crippen LogP contribution in [0.4, 0.5) is 35.1 Å². The van der Waals surface area contributed by atoms with Gasteiger partial charge in [-0.3, -0.25) is 4.79 Å². The fourth-order valence-corrected chi connectivity index (χ4v) is 5.88. The maximum atomic E-state index is 13.8. The maximum absolute atomic E-state index is 13.8. The molecule has 2 saturated heterocycles. The van der Waals surface area contributed by atoms with Crippen LogP contribution < -0.4 is 0 Å². The van der Waals surface area contributed by atoms with Crippen LogP contribution >= 0.6 is 0 Å². The van der Waals surface area contributed by atoms with Gasteiger partial charge in [0.2, 0.25) is 11.9 Å². The molecule has 3 aromatic rings. The first-order valence-corrected chi connectivity index (χ1v) is 12.8. The molecule has 1 amide bonds. The molecule has 3 heterocycles. The van der Waals surface area contributed by atoms with Gasteiger partial charge in [-0.2, -0.15) is 30.7 Å². The predicted molar refractivity (Wildman–Crippen MR) is 131 cm³/mol. The molecule has 0 radical (unpaired) electrons. The first-order chi connectivity index (χ1) is 19.2. The Morgan fingerprint density at radius 3 is 2.12 bits per heavy atom. The molecule has 2 aliphatic rings. The molecule has 2 aliphatic heterocycles. The third-order valence-electron chi connectivity index (χ3n) is 7.79. The molecule has 3 unspecified atom stereocenters. The average Bonchev–Trinajstić information content (AvgIpc) is 3.26. The van der Waals surface area contributed by atoms with E-state index in [0.29, 0.717) is 29.7 Å². The number of benzene rings is 2. The lowest BCUT2D eigenvalue weighted by Gasteiger charge is -2.37. The van der Waals surface area contributed by atoms with E-state index in [9.17, 15) is 39.9 Å². The van der Waals surface area contributed by atoms with Gasteiger partial charge in [0.15, 0.2) is 0 Å². The summed E-state index contributed by atoms with van der Waals surface area (Å²) in [5.41, 5.74) is -2.08. The molecule has 2 aromatic carbocycles. The predicted octanol–water partition coefficient (Wildman–Crippen LogP) is 7.42. The SMILES string of the molecule is C[C@@H](O[C@H]1CN2C(=O)CC(c3ccnc(F)c3)CC2C1c1ccc(F)cc1)c1cc(C(F)(F)F)cc(C(F)(F)F)c1. The molecule has 5 rings (SSSR count). The summed E-state index contributed by atoms with van der Waals surface area (Å²) < 4.78 is 114. The second-order valence-corrected chi connectivity index (χ2v) is 10.4. The fourth-order valence-electron chi connectivity index (χ4n) is 5.88. The van der Waals surface area contributed by atoms with Gasteiger partial charge < -0.3 is 9.64 Å². The van der Waals surface area contributed by atoms with Crippen molar-refractivity contribution in [3.63, 3.8) is 0 Å². The Bertz CT molecular complexity index is 1390. The molecule has 0 saturated carbocycles. The molecule has 0 bridgehead atoms. The highest BCUT2D eigenvalue weighted by Crippen LogP contribution is 2.46. The number of fused-ring (bicyclic) bond motifs is 1. The van der Waals surface area contributed by atoms with Gasteiger partial charge in [-0.25, -0.2) is 9.37 Å². The third kappa shape index (κ3) is 6.07. The van der Waals surface area contributed by atoms with Crippen molar-refractivity contribution < 1.29 is 44.7 Å². The summed E-state index contributed by atoms with van der Waals surface area (Å²) in [6.45, 7) is 1.37. The Labute approximate surface area is 229 Å². The van der Waals surface area contributed by atoms with E-state index < -0.39 is 59.4 Å². The normalized spacial score (nSPS) is 23.9. The van der Waals surface area contributed by atoms with Gasteiger partial charge in [-0.15, -0.1) is 0 Å². The van der Waals surface area contributed by atoms with Gasteiger partial charge in [-0.1, -0.05) is 12.1 Å². The van der Waals surface area contributed by atoms with E-state index in [1.54, 1.807) is 11.0 Å². The van der Waals surface area contributed by atoms with E-state index in [4.69, 9.17) is 4.74 Å². The van der Waals surface area contributed by atoms with E-state index in [-0.39, 0.29) is 36.4 Å². The molecule has 41 heavy (non-hydrogen) atoms. The lowest BCUT2D eigenvalue weighted by Crippen LogP contribution is -2.43. The van der Waals surface area contributed by atoms with Crippen molar-refractivity contribution >= 4 is 5.91 Å². The Kier molecular flexibility index (Phi) is 7.56. The third-order valence-corrected chi connectivity index (χ3v) is 7.79. The number of carbonyl (C=O) groups is 1. The Hall–Kier alpha value is -3.54. The van der Waals surface area contributed by atoms with Crippen LogP contribution in [-0.2, 0) is 21.9 Å². The van der Waals surface area contributed by atoms with Crippen LogP contribution in [0, 0.1) is 11.8 Å². The van der Waals surface area contributed by atoms with Crippen molar-refractivity contribution in [1.82, 2.24) is 9.88 Å². The molecule has 218 valence electrons. The molecule has 12 heteroatoms. The van der Waals surface area contributed by atoms with E-state index in [0.717, 1.165) is 0 Å². The van der Waals surface area contributed by atoms with Crippen molar-refractivity contribution in [1.29, 1.82) is 0 Å². The van der Waals surface area contributed by atoms with Crippen molar-refractivity contribution in [2.75, 3.05) is 6.54 Å². The first-order valence-electron chi connectivity index (χ1n) is 12.8. The van der Waals surface area contributed by atoms with E-state index >= 15 is 0 Å². The van der Waals surface area contributed by atoms with Crippen LogP contribution in [0.3, 0.4) is 0 Å². The van der Waals surface area contributed by atoms with Gasteiger partial charge in [0.25, 0.3) is 0 Å². The summed E-state index contributed by atoms with van der Waals surface area (Å²) in [4.78, 5) is 18.4. The van der Waals surface area contributed by atoms with Crippen LogP contribution in [0.1, 0.15) is 65.5 Å². The zero-order valence-electron chi connectivity index (χ0n) is 21.5. The largest absolute Gasteiger partial charge is 0.416 e. The summed E-state index contributed by atoms with van der Waals surface area (Å²) in [5.74, 6) is -2.41. The zero-order chi connectivity index (χ0) is 29.7. The molecule has 5 atom stereocenters. The molecule has 0 N–H and O–H groups in total. The van der Waals surface area contributed by atoms with Crippen LogP contribution in [0.2, 0.25) is 0 Å². The van der Waals surface area contributed by atoms with Crippen LogP contribution in [0.25, 0.3) is 0 Å². The summed E-state index contributed by atoms with van der Waals surface area (Å²) in [6, 6.07) is 9.12. The Balaban J connectivity index is 1.49. The maximum Gasteiger partial charge on any atom is 0.416 e. The zero-order valence-corrected chi connectivity index (χ0v) is 21.5. The minimum atomic E-state index is -5.02. The lowest BCUT2D eigenvalue weighted by molar-refractivity contribution is -0.143. The van der Waals surface area contributed by atoms with Crippen LogP contribution in [0.5, 0.6) is 0 Å². The molecule has 1 aromatic heterocycles. The Morgan fingerprint density at radius 2 is 1.54 bits per heavy atom. The van der Waals surface area contributed by atoms with Crippen LogP contribution in [-0.4, -0.2) is 34.5 Å². The number of nitrogens with zero attached hydrogens (tertiary/aromatic N) is 2. The highest BCUT2D eigenvalue weighted by molar-refractivity contribution is 5.79. The fraction of sp³-hybridized carbons (Fsp3) is 0.379. The quantitative estimate of drug-likeness (QED) is 0.232. The van der Waals surface area contributed by atoms with Crippen molar-refractivity contribution in [2.24, 2.45) is 0 Å². The van der Waals surface area contributed by atoms with E-state index in [1.165, 1.54) is 43.5 Å². The minimum Gasteiger partial charge on any atom is -0.368 e. The number of piperidine rings is 1. The number of carbonyl (C=O) groups excluding carboxylic acids is 1. The van der Waals surface area contributed by atoms with Gasteiger partial charge in [-0.05, 0) is 78.4 Å². The minimum absolute atomic E-state index is 0.0262. The van der Waals surface area contributed by atoms with E-state index in [1.807, 2.05) is 0 Å². The highest BCUT2D eigenvalue weighted by Gasteiger charge is 2.49. The van der Waals surface area contributed by atoms with Crippen molar-refractivity contribution in [3.8, 4) is 0 Å². The summed E-state index contributed by atoms with van der Waals surface area (Å²) >= 11 is 0. The second kappa shape index (κ2) is 10.7. The lowest BCUT2D eigenvalue weighted by atomic mass is 9.79. The van der Waals surface area contributed by atoms with Crippen molar-refractivity contribution in [2.45, 2.75) is 62.2 Å². The van der Waals surface area contributed by atoms with Gasteiger partial charge in [0.05, 0.1) is 23.3 Å². The number of hydrogen-bond acceptors (Lipinski definition) is 3. The van der Waals surface area contributed by atoms with Gasteiger partial charge in [0, 0.05) is 31.1 Å². The molecular formula is C29H24F8N2O2. The second-order valence-electron chi connectivity index (χ2n) is 10.4. The standard InChI is InChI=1S/C29H24F8N2O2/c1-15(18-8-20(28(32,33)34)13-21(9-18)29(35,36)37)41-24-14-39-23(27(24)16-2-4-22(30)5-3-16)10-19(12-26(39)40)17-6-7-38-25(31)11-17/h2-9,11,13,15,19,23-24,27H,10,12,14H2,1H3/t15-,19?,23?,24+,27?/m1/s1. The summed E-state index contributed by atoms with van der Waals surface area (Å²) in [6.07, 6.45) is -10.3. The number of aromatic nitrogens is 1. The molecule has 0 aliphatic carbocycles. The van der Waals surface area contributed by atoms with Gasteiger partial charge >= 0.3 is 12.4 Å². The molecular weight excluding hydrogens is 560 g/mol. The van der Waals surface area contributed by atoms with Crippen LogP contribution in [0.15, 0.2) is 60.8 Å². The Morgan fingerprint density at radius 1 is 0.902 bits per heavy atom. The number of ether oxygens (including phenoxy) is 1. The number of amides is 1. The first kappa shape index (κ1) is 29.0. The molecule has 2 fully saturated rings. The molecule has 0 spiro atoms. The number of rotatable bonds is 5. The van der Waals surface area contributed by atoms with Gasteiger partial charge in [0.1, 0.15) is 5.82 Å². The monoisotopic (exact) mass is 584 g/mol. The summed E-state index contributed by atoms with van der Waals surface area (Å²) in [5, 5.41) is 0. The van der Waals surface area contributed by atoms with Crippen molar-refractivity contribution in [3.05, 3.63) is 100 Å². The van der Waals surface area contributed by atoms with E-state index in [2.05, 4.69) is 4.98 Å². The smallest absolute Gasteiger partial charge is 0.368 e. The highest BCUT2D eigenvalue weighted by atomic mass is 19.4. The number of halogens is 8.